The lowest BCUT2D eigenvalue weighted by atomic mass is 9.91. The first-order chi connectivity index (χ1) is 14.6. The molecule has 1 heterocycles. The molecule has 1 aliphatic heterocycles. The van der Waals surface area contributed by atoms with Crippen LogP contribution in [0, 0.1) is 6.92 Å². The Bertz CT molecular complexity index is 1250. The average molecular weight is 461 g/mol. The van der Waals surface area contributed by atoms with E-state index in [-0.39, 0.29) is 33.3 Å². The molecule has 0 radical (unpaired) electrons. The molecule has 2 aliphatic carbocycles. The van der Waals surface area contributed by atoms with Crippen LogP contribution in [0.1, 0.15) is 58.6 Å². The van der Waals surface area contributed by atoms with Gasteiger partial charge in [-0.15, -0.1) is 0 Å². The first-order valence-corrected chi connectivity index (χ1v) is 12.0. The summed E-state index contributed by atoms with van der Waals surface area (Å²) in [4.78, 5) is 24.5. The van der Waals surface area contributed by atoms with E-state index >= 15 is 0 Å². The second-order valence-electron chi connectivity index (χ2n) is 8.64. The zero-order valence-electron chi connectivity index (χ0n) is 16.7. The van der Waals surface area contributed by atoms with Crippen LogP contribution in [-0.2, 0) is 20.2 Å². The molecule has 2 fully saturated rings. The van der Waals surface area contributed by atoms with Gasteiger partial charge >= 0.3 is 5.97 Å². The summed E-state index contributed by atoms with van der Waals surface area (Å²) in [7, 11) is -3.82. The fraction of sp³-hybridized carbons (Fsp3) is 0.364. The van der Waals surface area contributed by atoms with Crippen LogP contribution in [0.4, 0.5) is 5.69 Å². The number of amides is 1. The third-order valence-corrected chi connectivity index (χ3v) is 8.76. The second-order valence-corrected chi connectivity index (χ2v) is 10.7. The third kappa shape index (κ3) is 3.08. The van der Waals surface area contributed by atoms with E-state index in [0.29, 0.717) is 23.2 Å². The maximum Gasteiger partial charge on any atom is 0.335 e. The summed E-state index contributed by atoms with van der Waals surface area (Å²) >= 11 is 6.29. The molecule has 1 spiro atoms. The summed E-state index contributed by atoms with van der Waals surface area (Å²) in [5.41, 5.74) is 1.78. The lowest BCUT2D eigenvalue weighted by molar-refractivity contribution is -0.118. The van der Waals surface area contributed by atoms with Crippen molar-refractivity contribution in [1.29, 1.82) is 0 Å². The topological polar surface area (TPSA) is 113 Å². The molecule has 2 atom stereocenters. The Morgan fingerprint density at radius 3 is 2.65 bits per heavy atom. The maximum absolute atomic E-state index is 13.0. The van der Waals surface area contributed by atoms with Crippen LogP contribution in [0.2, 0.25) is 5.02 Å². The highest BCUT2D eigenvalue weighted by Crippen LogP contribution is 2.65. The summed E-state index contributed by atoms with van der Waals surface area (Å²) in [6, 6.07) is 8.08. The molecule has 2 unspecified atom stereocenters. The number of carbonyl (C=O) groups is 2. The van der Waals surface area contributed by atoms with Gasteiger partial charge < -0.3 is 10.4 Å². The number of aromatic carboxylic acids is 1. The van der Waals surface area contributed by atoms with E-state index in [4.69, 9.17) is 11.6 Å². The van der Waals surface area contributed by atoms with Gasteiger partial charge in [0.2, 0.25) is 15.9 Å². The quantitative estimate of drug-likeness (QED) is 0.631. The van der Waals surface area contributed by atoms with Gasteiger partial charge in [0.15, 0.2) is 0 Å². The number of hydrogen-bond donors (Lipinski definition) is 3. The van der Waals surface area contributed by atoms with Crippen molar-refractivity contribution in [2.45, 2.75) is 54.9 Å². The number of fused-ring (bicyclic) bond motifs is 2. The molecule has 7 nitrogen and oxygen atoms in total. The maximum atomic E-state index is 13.0. The number of rotatable bonds is 5. The highest BCUT2D eigenvalue weighted by atomic mass is 35.5. The number of carboxylic acid groups (broad SMARTS) is 1. The Labute approximate surface area is 184 Å². The molecule has 3 aliphatic rings. The molecule has 1 amide bonds. The minimum Gasteiger partial charge on any atom is -0.478 e. The number of nitrogens with one attached hydrogen (secondary N) is 2. The molecule has 2 aromatic carbocycles. The Morgan fingerprint density at radius 2 is 2.00 bits per heavy atom. The molecule has 162 valence electrons. The number of aryl methyl sites for hydroxylation is 1. The normalized spacial score (nSPS) is 24.6. The van der Waals surface area contributed by atoms with E-state index in [9.17, 15) is 23.1 Å². The first kappa shape index (κ1) is 20.5. The minimum absolute atomic E-state index is 0.0310. The van der Waals surface area contributed by atoms with Gasteiger partial charge in [-0.25, -0.2) is 17.9 Å². The molecular formula is C22H21ClN2O5S. The molecule has 2 saturated carbocycles. The van der Waals surface area contributed by atoms with Gasteiger partial charge in [-0.05, 0) is 61.1 Å². The average Bonchev–Trinajstić information content (AvgIpc) is 3.35. The van der Waals surface area contributed by atoms with Gasteiger partial charge in [0.25, 0.3) is 0 Å². The monoisotopic (exact) mass is 460 g/mol. The number of halogens is 1. The second kappa shape index (κ2) is 6.79. The Balaban J connectivity index is 1.55. The molecule has 0 saturated heterocycles. The molecular weight excluding hydrogens is 440 g/mol. The molecule has 0 aromatic heterocycles. The van der Waals surface area contributed by atoms with Crippen LogP contribution < -0.4 is 10.0 Å². The van der Waals surface area contributed by atoms with Crippen LogP contribution in [0.5, 0.6) is 0 Å². The standard InChI is InChI=1S/C22H21ClN2O5S/c1-11-5-6-12(7-14(11)20(26)27)16-10-22(16)15-8-19(17(23)9-18(15)24-21(22)28)31(29,30)25-13-3-2-4-13/h5-9,13,16,25H,2-4,10H2,1H3,(H,24,28)(H,26,27). The highest BCUT2D eigenvalue weighted by molar-refractivity contribution is 7.89. The van der Waals surface area contributed by atoms with Crippen LogP contribution in [0.3, 0.4) is 0 Å². The van der Waals surface area contributed by atoms with Crippen molar-refractivity contribution in [3.63, 3.8) is 0 Å². The van der Waals surface area contributed by atoms with E-state index in [1.54, 1.807) is 19.1 Å². The fourth-order valence-corrected chi connectivity index (χ4v) is 6.56. The first-order valence-electron chi connectivity index (χ1n) is 10.1. The third-order valence-electron chi connectivity index (χ3n) is 6.78. The number of hydrogen-bond acceptors (Lipinski definition) is 4. The zero-order chi connectivity index (χ0) is 22.1. The number of sulfonamides is 1. The predicted octanol–water partition coefficient (Wildman–Crippen LogP) is 3.55. The molecule has 0 bridgehead atoms. The highest BCUT2D eigenvalue weighted by Gasteiger charge is 2.65. The number of carbonyl (C=O) groups excluding carboxylic acids is 1. The summed E-state index contributed by atoms with van der Waals surface area (Å²) in [5, 5.41) is 12.3. The smallest absolute Gasteiger partial charge is 0.335 e. The summed E-state index contributed by atoms with van der Waals surface area (Å²) < 4.78 is 28.5. The Kier molecular flexibility index (Phi) is 4.48. The van der Waals surface area contributed by atoms with Crippen molar-refractivity contribution < 1.29 is 23.1 Å². The van der Waals surface area contributed by atoms with Crippen molar-refractivity contribution in [3.8, 4) is 0 Å². The Morgan fingerprint density at radius 1 is 1.26 bits per heavy atom. The molecule has 3 N–H and O–H groups in total. The van der Waals surface area contributed by atoms with E-state index < -0.39 is 21.4 Å². The van der Waals surface area contributed by atoms with Gasteiger partial charge in [-0.2, -0.15) is 0 Å². The van der Waals surface area contributed by atoms with E-state index in [0.717, 1.165) is 24.8 Å². The molecule has 9 heteroatoms. The lowest BCUT2D eigenvalue weighted by Gasteiger charge is -2.26. The summed E-state index contributed by atoms with van der Waals surface area (Å²) in [5.74, 6) is -1.47. The van der Waals surface area contributed by atoms with Crippen molar-refractivity contribution in [3.05, 3.63) is 57.6 Å². The Hall–Kier alpha value is -2.42. The van der Waals surface area contributed by atoms with Crippen LogP contribution >= 0.6 is 11.6 Å². The number of benzene rings is 2. The summed E-state index contributed by atoms with van der Waals surface area (Å²) in [6.45, 7) is 1.72. The molecule has 31 heavy (non-hydrogen) atoms. The van der Waals surface area contributed by atoms with Gasteiger partial charge in [-0.3, -0.25) is 4.79 Å². The van der Waals surface area contributed by atoms with Crippen LogP contribution in [0.15, 0.2) is 35.2 Å². The van der Waals surface area contributed by atoms with Gasteiger partial charge in [0.05, 0.1) is 16.0 Å². The summed E-state index contributed by atoms with van der Waals surface area (Å²) in [6.07, 6.45) is 3.06. The lowest BCUT2D eigenvalue weighted by Crippen LogP contribution is -2.39. The van der Waals surface area contributed by atoms with E-state index in [1.165, 1.54) is 12.1 Å². The predicted molar refractivity (Wildman–Crippen MR) is 115 cm³/mol. The van der Waals surface area contributed by atoms with Crippen LogP contribution in [-0.4, -0.2) is 31.4 Å². The minimum atomic E-state index is -3.82. The largest absolute Gasteiger partial charge is 0.478 e. The van der Waals surface area contributed by atoms with Gasteiger partial charge in [-0.1, -0.05) is 30.2 Å². The molecule has 5 rings (SSSR count). The van der Waals surface area contributed by atoms with Crippen molar-refractivity contribution in [1.82, 2.24) is 4.72 Å². The zero-order valence-corrected chi connectivity index (χ0v) is 18.3. The van der Waals surface area contributed by atoms with Crippen molar-refractivity contribution in [2.24, 2.45) is 0 Å². The number of carboxylic acids is 1. The van der Waals surface area contributed by atoms with Gasteiger partial charge in [0, 0.05) is 17.6 Å². The fourth-order valence-electron chi connectivity index (χ4n) is 4.70. The van der Waals surface area contributed by atoms with E-state index in [2.05, 4.69) is 10.0 Å². The van der Waals surface area contributed by atoms with Gasteiger partial charge in [0.1, 0.15) is 4.90 Å². The van der Waals surface area contributed by atoms with Crippen LogP contribution in [0.25, 0.3) is 0 Å². The van der Waals surface area contributed by atoms with Crippen molar-refractivity contribution >= 4 is 39.2 Å². The number of anilines is 1. The SMILES string of the molecule is Cc1ccc(C2CC23C(=O)Nc2cc(Cl)c(S(=O)(=O)NC4CCC4)cc23)cc1C(=O)O. The molecule has 2 aromatic rings. The van der Waals surface area contributed by atoms with Crippen molar-refractivity contribution in [2.75, 3.05) is 5.32 Å². The van der Waals surface area contributed by atoms with E-state index in [1.807, 2.05) is 6.07 Å².